The molecule has 0 bridgehead atoms. The molecule has 1 aliphatic carbocycles. The molecule has 0 unspecified atom stereocenters. The van der Waals surface area contributed by atoms with Gasteiger partial charge in [-0.05, 0) is 24.1 Å². The fourth-order valence-corrected chi connectivity index (χ4v) is 4.64. The molecule has 9 nitrogen and oxygen atoms in total. The van der Waals surface area contributed by atoms with E-state index in [1.165, 1.54) is 25.2 Å². The number of hydrogen-bond acceptors (Lipinski definition) is 9. The summed E-state index contributed by atoms with van der Waals surface area (Å²) in [7, 11) is 1.35. The van der Waals surface area contributed by atoms with Gasteiger partial charge in [-0.2, -0.15) is 0 Å². The number of thioether (sulfide) groups is 1. The Kier molecular flexibility index (Phi) is 6.00. The molecular weight excluding hydrogens is 408 g/mol. The lowest BCUT2D eigenvalue weighted by Crippen LogP contribution is -2.30. The van der Waals surface area contributed by atoms with Crippen LogP contribution in [0.3, 0.4) is 0 Å². The second-order valence-corrected chi connectivity index (χ2v) is 8.17. The van der Waals surface area contributed by atoms with Crippen molar-refractivity contribution >= 4 is 28.9 Å². The zero-order valence-electron chi connectivity index (χ0n) is 16.3. The Balaban J connectivity index is 1.53. The summed E-state index contributed by atoms with van der Waals surface area (Å²) in [5, 5.41) is 30.6. The molecule has 4 atom stereocenters. The van der Waals surface area contributed by atoms with Gasteiger partial charge in [-0.3, -0.25) is 0 Å². The highest BCUT2D eigenvalue weighted by Gasteiger charge is 2.42. The number of carbonyl (C=O) groups excluding carboxylic acids is 1. The second-order valence-electron chi connectivity index (χ2n) is 7.21. The third kappa shape index (κ3) is 3.79. The Morgan fingerprint density at radius 1 is 1.20 bits per heavy atom. The Morgan fingerprint density at radius 2 is 1.97 bits per heavy atom. The van der Waals surface area contributed by atoms with E-state index in [2.05, 4.69) is 15.0 Å². The monoisotopic (exact) mass is 430 g/mol. The Labute approximate surface area is 176 Å². The lowest BCUT2D eigenvalue weighted by atomic mass is 10.1. The topological polar surface area (TPSA) is 131 Å². The zero-order chi connectivity index (χ0) is 21.3. The first-order valence-corrected chi connectivity index (χ1v) is 10.5. The maximum absolute atomic E-state index is 11.5. The number of nitrogens with zero attached hydrogens (tertiary/aromatic N) is 4. The van der Waals surface area contributed by atoms with Crippen molar-refractivity contribution in [3.05, 3.63) is 48.0 Å². The molecule has 1 aromatic carbocycles. The van der Waals surface area contributed by atoms with Crippen LogP contribution in [0.25, 0.3) is 11.2 Å². The van der Waals surface area contributed by atoms with Gasteiger partial charge in [-0.25, -0.2) is 19.7 Å². The molecular formula is C20H22N4O5S. The summed E-state index contributed by atoms with van der Waals surface area (Å²) in [5.41, 5.74) is 2.69. The molecule has 0 spiro atoms. The van der Waals surface area contributed by atoms with Gasteiger partial charge in [0, 0.05) is 18.3 Å². The summed E-state index contributed by atoms with van der Waals surface area (Å²) in [6, 6.07) is 6.75. The minimum Gasteiger partial charge on any atom is -0.465 e. The van der Waals surface area contributed by atoms with Gasteiger partial charge in [0.1, 0.15) is 23.0 Å². The van der Waals surface area contributed by atoms with Crippen molar-refractivity contribution < 1.29 is 24.9 Å². The van der Waals surface area contributed by atoms with Crippen molar-refractivity contribution in [3.8, 4) is 0 Å². The van der Waals surface area contributed by atoms with Gasteiger partial charge >= 0.3 is 5.97 Å². The van der Waals surface area contributed by atoms with Crippen molar-refractivity contribution in [2.45, 2.75) is 35.4 Å². The highest BCUT2D eigenvalue weighted by molar-refractivity contribution is 7.98. The van der Waals surface area contributed by atoms with Crippen LogP contribution in [0.4, 0.5) is 0 Å². The Hall–Kier alpha value is -2.53. The first kappa shape index (κ1) is 20.7. The van der Waals surface area contributed by atoms with Gasteiger partial charge in [-0.15, -0.1) is 0 Å². The molecule has 0 saturated heterocycles. The van der Waals surface area contributed by atoms with E-state index >= 15 is 0 Å². The Bertz CT molecular complexity index is 1040. The summed E-state index contributed by atoms with van der Waals surface area (Å²) >= 11 is 1.49. The lowest BCUT2D eigenvalue weighted by Gasteiger charge is -2.18. The number of aliphatic hydroxyl groups excluding tert-OH is 3. The van der Waals surface area contributed by atoms with Gasteiger partial charge < -0.3 is 24.6 Å². The largest absolute Gasteiger partial charge is 0.465 e. The molecule has 158 valence electrons. The molecule has 0 amide bonds. The number of carbonyl (C=O) groups is 1. The lowest BCUT2D eigenvalue weighted by molar-refractivity contribution is -0.00370. The normalized spacial score (nSPS) is 23.7. The molecule has 0 aliphatic heterocycles. The fourth-order valence-electron chi connectivity index (χ4n) is 3.74. The van der Waals surface area contributed by atoms with Crippen LogP contribution in [-0.4, -0.2) is 66.7 Å². The predicted octanol–water partition coefficient (Wildman–Crippen LogP) is 1.18. The smallest absolute Gasteiger partial charge is 0.337 e. The van der Waals surface area contributed by atoms with Crippen LogP contribution in [0.15, 0.2) is 41.9 Å². The van der Waals surface area contributed by atoms with Crippen LogP contribution < -0.4 is 0 Å². The molecule has 1 aliphatic rings. The predicted molar refractivity (Wildman–Crippen MR) is 109 cm³/mol. The minimum absolute atomic E-state index is 0.188. The van der Waals surface area contributed by atoms with E-state index in [4.69, 9.17) is 4.74 Å². The van der Waals surface area contributed by atoms with Crippen molar-refractivity contribution in [2.75, 3.05) is 13.7 Å². The van der Waals surface area contributed by atoms with Gasteiger partial charge in [0.25, 0.3) is 0 Å². The van der Waals surface area contributed by atoms with E-state index in [0.717, 1.165) is 5.56 Å². The van der Waals surface area contributed by atoms with E-state index in [-0.39, 0.29) is 18.5 Å². The maximum atomic E-state index is 11.5. The minimum atomic E-state index is -1.00. The summed E-state index contributed by atoms with van der Waals surface area (Å²) < 4.78 is 6.45. The molecule has 10 heteroatoms. The number of hydrogen-bond donors (Lipinski definition) is 3. The molecule has 1 fully saturated rings. The van der Waals surface area contributed by atoms with Crippen LogP contribution in [0.5, 0.6) is 0 Å². The third-order valence-electron chi connectivity index (χ3n) is 5.44. The average Bonchev–Trinajstić information content (AvgIpc) is 3.33. The number of methoxy groups -OCH3 is 1. The number of rotatable bonds is 6. The highest BCUT2D eigenvalue weighted by Crippen LogP contribution is 2.37. The number of aliphatic hydroxyl groups is 3. The maximum Gasteiger partial charge on any atom is 0.337 e. The van der Waals surface area contributed by atoms with Crippen LogP contribution in [-0.2, 0) is 10.5 Å². The Morgan fingerprint density at radius 3 is 2.63 bits per heavy atom. The molecule has 2 aromatic heterocycles. The van der Waals surface area contributed by atoms with Crippen molar-refractivity contribution in [1.29, 1.82) is 0 Å². The summed E-state index contributed by atoms with van der Waals surface area (Å²) in [5.74, 6) is -0.136. The number of esters is 1. The van der Waals surface area contributed by atoms with E-state index in [1.807, 2.05) is 12.1 Å². The van der Waals surface area contributed by atoms with Crippen molar-refractivity contribution in [3.63, 3.8) is 0 Å². The van der Waals surface area contributed by atoms with E-state index < -0.39 is 18.2 Å². The first-order chi connectivity index (χ1) is 14.5. The van der Waals surface area contributed by atoms with Crippen LogP contribution in [0, 0.1) is 5.92 Å². The quantitative estimate of drug-likeness (QED) is 0.300. The fraction of sp³-hybridized carbons (Fsp3) is 0.400. The van der Waals surface area contributed by atoms with Crippen LogP contribution in [0.2, 0.25) is 0 Å². The van der Waals surface area contributed by atoms with E-state index in [1.54, 1.807) is 23.0 Å². The van der Waals surface area contributed by atoms with E-state index in [9.17, 15) is 20.1 Å². The molecule has 1 saturated carbocycles. The number of aromatic nitrogens is 4. The van der Waals surface area contributed by atoms with Crippen molar-refractivity contribution in [1.82, 2.24) is 19.5 Å². The standard InChI is InChI=1S/C20H22N4O5S/c1-29-20(28)12-4-2-11(3-5-12)8-30-19-15-18(21-9-22-19)24(10-23-15)14-6-13(7-25)16(26)17(14)27/h2-5,9-10,13-14,16-17,25-27H,6-8H2,1H3/t13-,14-,16-,17+/m1/s1. The van der Waals surface area contributed by atoms with Gasteiger partial charge in [0.05, 0.1) is 31.1 Å². The number of benzene rings is 1. The van der Waals surface area contributed by atoms with Gasteiger partial charge in [0.2, 0.25) is 0 Å². The summed E-state index contributed by atoms with van der Waals surface area (Å²) in [4.78, 5) is 24.6. The zero-order valence-corrected chi connectivity index (χ0v) is 17.1. The molecule has 4 rings (SSSR count). The van der Waals surface area contributed by atoms with Gasteiger partial charge in [-0.1, -0.05) is 23.9 Å². The van der Waals surface area contributed by atoms with Gasteiger partial charge in [0.15, 0.2) is 5.65 Å². The van der Waals surface area contributed by atoms with Crippen molar-refractivity contribution in [2.24, 2.45) is 5.92 Å². The number of ether oxygens (including phenoxy) is 1. The summed E-state index contributed by atoms with van der Waals surface area (Å²) in [6.07, 6.45) is 1.49. The SMILES string of the molecule is COC(=O)c1ccc(CSc2ncnc3c2ncn3[C@@H]2C[C@H](CO)[C@@H](O)[C@H]2O)cc1. The van der Waals surface area contributed by atoms with Crippen LogP contribution >= 0.6 is 11.8 Å². The molecule has 30 heavy (non-hydrogen) atoms. The van der Waals surface area contributed by atoms with E-state index in [0.29, 0.717) is 33.9 Å². The first-order valence-electron chi connectivity index (χ1n) is 9.48. The third-order valence-corrected chi connectivity index (χ3v) is 6.49. The highest BCUT2D eigenvalue weighted by atomic mass is 32.2. The molecule has 2 heterocycles. The molecule has 0 radical (unpaired) electrons. The molecule has 3 N–H and O–H groups in total. The number of imidazole rings is 1. The summed E-state index contributed by atoms with van der Waals surface area (Å²) in [6.45, 7) is -0.188. The molecule has 3 aromatic rings. The number of fused-ring (bicyclic) bond motifs is 1. The average molecular weight is 430 g/mol. The van der Waals surface area contributed by atoms with Crippen LogP contribution in [0.1, 0.15) is 28.4 Å². The second kappa shape index (κ2) is 8.68.